The van der Waals surface area contributed by atoms with Crippen LogP contribution in [0.15, 0.2) is 36.5 Å². The molecule has 0 amide bonds. The molecule has 0 N–H and O–H groups in total. The summed E-state index contributed by atoms with van der Waals surface area (Å²) in [5.41, 5.74) is 0. The normalized spacial score (nSPS) is 13.3. The first-order chi connectivity index (χ1) is 26.6. The molecule has 0 aliphatic heterocycles. The lowest BCUT2D eigenvalue weighted by atomic mass is 10.0. The number of allylic oxidation sites excluding steroid dienone is 6. The van der Waals surface area contributed by atoms with E-state index in [-0.39, 0.29) is 38.6 Å². The van der Waals surface area contributed by atoms with Crippen LogP contribution in [0.3, 0.4) is 0 Å². The number of aliphatic carboxylic acids is 1. The van der Waals surface area contributed by atoms with Crippen molar-refractivity contribution in [2.24, 2.45) is 0 Å². The van der Waals surface area contributed by atoms with E-state index in [0.717, 1.165) is 70.6 Å². The van der Waals surface area contributed by atoms with Gasteiger partial charge in [-0.3, -0.25) is 9.59 Å². The van der Waals surface area contributed by atoms with Gasteiger partial charge >= 0.3 is 11.9 Å². The number of likely N-dealkylation sites (N-methyl/N-ethyl adjacent to an activating group) is 1. The van der Waals surface area contributed by atoms with Gasteiger partial charge in [0.15, 0.2) is 12.4 Å². The van der Waals surface area contributed by atoms with Gasteiger partial charge in [0.25, 0.3) is 0 Å². The maximum absolute atomic E-state index is 12.7. The van der Waals surface area contributed by atoms with Gasteiger partial charge in [0.1, 0.15) is 13.2 Å². The van der Waals surface area contributed by atoms with Crippen LogP contribution in [0.2, 0.25) is 0 Å². The van der Waals surface area contributed by atoms with Crippen molar-refractivity contribution in [3.05, 3.63) is 36.5 Å². The largest absolute Gasteiger partial charge is 0.545 e. The molecule has 9 nitrogen and oxygen atoms in total. The van der Waals surface area contributed by atoms with Crippen LogP contribution in [0.1, 0.15) is 181 Å². The Bertz CT molecular complexity index is 1000. The van der Waals surface area contributed by atoms with Crippen LogP contribution in [0.25, 0.3) is 0 Å². The molecule has 320 valence electrons. The van der Waals surface area contributed by atoms with E-state index in [0.29, 0.717) is 17.4 Å². The van der Waals surface area contributed by atoms with Crippen molar-refractivity contribution in [2.75, 3.05) is 47.5 Å². The minimum absolute atomic E-state index is 0.147. The first-order valence-corrected chi connectivity index (χ1v) is 22.1. The van der Waals surface area contributed by atoms with Gasteiger partial charge in [-0.25, -0.2) is 0 Å². The second-order valence-electron chi connectivity index (χ2n) is 16.0. The van der Waals surface area contributed by atoms with Crippen LogP contribution >= 0.6 is 0 Å². The highest BCUT2D eigenvalue weighted by Gasteiger charge is 2.21. The summed E-state index contributed by atoms with van der Waals surface area (Å²) in [6.45, 7) is 4.62. The van der Waals surface area contributed by atoms with Gasteiger partial charge in [-0.2, -0.15) is 0 Å². The number of nitrogens with zero attached hydrogens (tertiary/aromatic N) is 1. The Labute approximate surface area is 337 Å². The molecule has 0 spiro atoms. The number of carboxylic acids is 1. The molecule has 2 atom stereocenters. The lowest BCUT2D eigenvalue weighted by Crippen LogP contribution is -2.44. The summed E-state index contributed by atoms with van der Waals surface area (Å²) in [6.07, 6.45) is 39.4. The number of carbonyl (C=O) groups is 3. The Morgan fingerprint density at radius 2 is 0.982 bits per heavy atom. The van der Waals surface area contributed by atoms with E-state index in [9.17, 15) is 19.5 Å². The third kappa shape index (κ3) is 39.5. The third-order valence-electron chi connectivity index (χ3n) is 9.39. The van der Waals surface area contributed by atoms with Crippen molar-refractivity contribution in [3.63, 3.8) is 0 Å². The number of ether oxygens (including phenoxy) is 4. The number of rotatable bonds is 40. The number of carboxylic acid groups (broad SMARTS) is 1. The van der Waals surface area contributed by atoms with Crippen molar-refractivity contribution in [1.82, 2.24) is 0 Å². The first kappa shape index (κ1) is 52.5. The van der Waals surface area contributed by atoms with E-state index in [1.54, 1.807) is 0 Å². The molecule has 55 heavy (non-hydrogen) atoms. The molecule has 2 unspecified atom stereocenters. The van der Waals surface area contributed by atoms with Crippen molar-refractivity contribution in [2.45, 2.75) is 193 Å². The highest BCUT2D eigenvalue weighted by molar-refractivity contribution is 5.70. The van der Waals surface area contributed by atoms with Crippen molar-refractivity contribution in [3.8, 4) is 0 Å². The first-order valence-electron chi connectivity index (χ1n) is 22.1. The van der Waals surface area contributed by atoms with E-state index >= 15 is 0 Å². The average Bonchev–Trinajstić information content (AvgIpc) is 3.14. The fourth-order valence-corrected chi connectivity index (χ4v) is 5.89. The molecular weight excluding hydrogens is 695 g/mol. The minimum atomic E-state index is -1.62. The Morgan fingerprint density at radius 3 is 1.45 bits per heavy atom. The maximum atomic E-state index is 12.7. The number of hydrogen-bond donors (Lipinski definition) is 0. The summed E-state index contributed by atoms with van der Waals surface area (Å²) in [6, 6.07) is 0. The summed E-state index contributed by atoms with van der Waals surface area (Å²) in [7, 11) is 5.89. The summed E-state index contributed by atoms with van der Waals surface area (Å²) in [5, 5.41) is 11.6. The standard InChI is InChI=1S/C46H83NO8/c1-6-8-10-12-13-14-15-16-17-18-19-20-21-22-23-24-25-26-27-28-29-30-31-33-35-37-44(49)55-42(40-53-43(48)36-34-32-11-9-7-2)41-54-46(45(50)51)52-39-38-47(3,4)5/h15-16,18-19,21-22,42,46H,6-14,17,20,23-41H2,1-5H3/b16-15-,19-18-,22-21-. The Kier molecular flexibility index (Phi) is 36.6. The third-order valence-corrected chi connectivity index (χ3v) is 9.39. The molecule has 0 aromatic rings. The number of carbonyl (C=O) groups excluding carboxylic acids is 3. The van der Waals surface area contributed by atoms with Crippen LogP contribution in [-0.2, 0) is 33.3 Å². The molecule has 0 bridgehead atoms. The van der Waals surface area contributed by atoms with Gasteiger partial charge in [0, 0.05) is 12.8 Å². The molecule has 9 heteroatoms. The number of unbranched alkanes of at least 4 members (excludes halogenated alkanes) is 19. The molecule has 0 aliphatic rings. The zero-order chi connectivity index (χ0) is 40.7. The van der Waals surface area contributed by atoms with E-state index < -0.39 is 24.3 Å². The van der Waals surface area contributed by atoms with E-state index in [2.05, 4.69) is 50.3 Å². The zero-order valence-corrected chi connectivity index (χ0v) is 36.0. The van der Waals surface area contributed by atoms with Crippen molar-refractivity contribution in [1.29, 1.82) is 0 Å². The van der Waals surface area contributed by atoms with Gasteiger partial charge in [-0.15, -0.1) is 0 Å². The zero-order valence-electron chi connectivity index (χ0n) is 36.0. The van der Waals surface area contributed by atoms with Gasteiger partial charge in [-0.05, 0) is 51.4 Å². The quantitative estimate of drug-likeness (QED) is 0.0199. The Hall–Kier alpha value is -2.49. The molecule has 0 rings (SSSR count). The predicted octanol–water partition coefficient (Wildman–Crippen LogP) is 10.1. The van der Waals surface area contributed by atoms with E-state index in [1.807, 2.05) is 21.1 Å². The smallest absolute Gasteiger partial charge is 0.306 e. The molecule has 0 fully saturated rings. The lowest BCUT2D eigenvalue weighted by molar-refractivity contribution is -0.870. The number of esters is 2. The molecule has 0 saturated carbocycles. The summed E-state index contributed by atoms with van der Waals surface area (Å²) < 4.78 is 22.4. The fourth-order valence-electron chi connectivity index (χ4n) is 5.89. The number of hydrogen-bond acceptors (Lipinski definition) is 8. The Balaban J connectivity index is 4.17. The number of quaternary nitrogens is 1. The molecule has 0 radical (unpaired) electrons. The summed E-state index contributed by atoms with van der Waals surface area (Å²) >= 11 is 0. The van der Waals surface area contributed by atoms with Crippen molar-refractivity contribution >= 4 is 17.9 Å². The fraction of sp³-hybridized carbons (Fsp3) is 0.804. The second kappa shape index (κ2) is 38.4. The summed E-state index contributed by atoms with van der Waals surface area (Å²) in [4.78, 5) is 36.6. The average molecular weight is 778 g/mol. The van der Waals surface area contributed by atoms with Gasteiger partial charge in [0.2, 0.25) is 0 Å². The Morgan fingerprint density at radius 1 is 0.545 bits per heavy atom. The van der Waals surface area contributed by atoms with Gasteiger partial charge < -0.3 is 33.3 Å². The van der Waals surface area contributed by atoms with Gasteiger partial charge in [0.05, 0.1) is 40.3 Å². The van der Waals surface area contributed by atoms with Crippen LogP contribution in [0, 0.1) is 0 Å². The lowest BCUT2D eigenvalue weighted by Gasteiger charge is -2.26. The molecule has 0 heterocycles. The SMILES string of the molecule is CCCCCCC/C=C\C/C=C\C/C=C\CCCCCCCCCCCCC(=O)OC(COC(=O)CCCCCCC)COC(OCC[N+](C)(C)C)C(=O)[O-]. The monoisotopic (exact) mass is 778 g/mol. The van der Waals surface area contributed by atoms with E-state index in [4.69, 9.17) is 18.9 Å². The topological polar surface area (TPSA) is 111 Å². The predicted molar refractivity (Wildman–Crippen MR) is 223 cm³/mol. The molecule has 0 saturated heterocycles. The maximum Gasteiger partial charge on any atom is 0.306 e. The molecule has 0 aliphatic carbocycles. The van der Waals surface area contributed by atoms with Crippen LogP contribution in [0.5, 0.6) is 0 Å². The second-order valence-corrected chi connectivity index (χ2v) is 16.0. The minimum Gasteiger partial charge on any atom is -0.545 e. The van der Waals surface area contributed by atoms with Crippen LogP contribution in [-0.4, -0.2) is 82.3 Å². The molecule has 0 aromatic heterocycles. The van der Waals surface area contributed by atoms with Gasteiger partial charge in [-0.1, -0.05) is 153 Å². The molecule has 0 aromatic carbocycles. The highest BCUT2D eigenvalue weighted by atomic mass is 16.7. The van der Waals surface area contributed by atoms with Crippen LogP contribution in [0.4, 0.5) is 0 Å². The van der Waals surface area contributed by atoms with E-state index in [1.165, 1.54) is 77.0 Å². The molecular formula is C46H83NO8. The van der Waals surface area contributed by atoms with Crippen LogP contribution < -0.4 is 5.11 Å². The summed E-state index contributed by atoms with van der Waals surface area (Å²) in [5.74, 6) is -2.31. The highest BCUT2D eigenvalue weighted by Crippen LogP contribution is 2.14. The van der Waals surface area contributed by atoms with Crippen molar-refractivity contribution < 1.29 is 42.9 Å².